The highest BCUT2D eigenvalue weighted by Gasteiger charge is 2.39. The Morgan fingerprint density at radius 1 is 1.78 bits per heavy atom. The quantitative estimate of drug-likeness (QED) is 0.795. The van der Waals surface area contributed by atoms with Crippen molar-refractivity contribution in [2.24, 2.45) is 0 Å². The minimum absolute atomic E-state index is 0.843. The molecule has 0 aromatic carbocycles. The first-order chi connectivity index (χ1) is 3.89. The molecule has 0 aliphatic carbocycles. The molecule has 0 radical (unpaired) electrons. The summed E-state index contributed by atoms with van der Waals surface area (Å²) in [7, 11) is 0. The van der Waals surface area contributed by atoms with Gasteiger partial charge >= 0.3 is 5.97 Å². The van der Waals surface area contributed by atoms with Crippen LogP contribution < -0.4 is 0 Å². The van der Waals surface area contributed by atoms with Crippen molar-refractivity contribution in [1.29, 1.82) is 0 Å². The van der Waals surface area contributed by atoms with Gasteiger partial charge in [0.1, 0.15) is 4.29 Å². The number of aliphatic carboxylic acids is 1. The number of hydrogen-bond donors (Lipinski definition) is 1. The summed E-state index contributed by atoms with van der Waals surface area (Å²) >= 11 is 16.2. The van der Waals surface area contributed by atoms with E-state index in [1.54, 1.807) is 0 Å². The number of carbonyl (C=O) groups is 1. The molecule has 6 heteroatoms. The molecule has 9 heavy (non-hydrogen) atoms. The monoisotopic (exact) mass is 298 g/mol. The van der Waals surface area contributed by atoms with Gasteiger partial charge in [-0.3, -0.25) is 0 Å². The Morgan fingerprint density at radius 3 is 2.11 bits per heavy atom. The van der Waals surface area contributed by atoms with Crippen LogP contribution in [0.5, 0.6) is 0 Å². The second-order valence-electron chi connectivity index (χ2n) is 1.23. The van der Waals surface area contributed by atoms with Gasteiger partial charge in [-0.15, -0.1) is 11.6 Å². The van der Waals surface area contributed by atoms with Crippen LogP contribution in [0.15, 0.2) is 0 Å². The van der Waals surface area contributed by atoms with E-state index in [1.807, 2.05) is 0 Å². The van der Waals surface area contributed by atoms with Crippen LogP contribution in [0.4, 0.5) is 0 Å². The second-order valence-corrected chi connectivity index (χ2v) is 5.41. The van der Waals surface area contributed by atoms with Crippen molar-refractivity contribution in [3.05, 3.63) is 0 Å². The summed E-state index contributed by atoms with van der Waals surface area (Å²) in [5.74, 6) is -1.22. The lowest BCUT2D eigenvalue weighted by molar-refractivity contribution is -0.137. The first-order valence-corrected chi connectivity index (χ1v) is 4.30. The third-order valence-electron chi connectivity index (χ3n) is 0.559. The third-order valence-corrected chi connectivity index (χ3v) is 4.00. The van der Waals surface area contributed by atoms with Gasteiger partial charge in [0.25, 0.3) is 0 Å². The van der Waals surface area contributed by atoms with Gasteiger partial charge in [0.05, 0.1) is 0 Å². The first-order valence-electron chi connectivity index (χ1n) is 1.78. The lowest BCUT2D eigenvalue weighted by Gasteiger charge is -2.14. The molecule has 0 heterocycles. The highest BCUT2D eigenvalue weighted by molar-refractivity contribution is 9.13. The van der Waals surface area contributed by atoms with Crippen molar-refractivity contribution in [3.63, 3.8) is 0 Å². The average Bonchev–Trinajstić information content (AvgIpc) is 1.65. The number of hydrogen-bond acceptors (Lipinski definition) is 1. The summed E-state index contributed by atoms with van der Waals surface area (Å²) in [5.41, 5.74) is 0. The fourth-order valence-electron chi connectivity index (χ4n) is 0.0933. The molecule has 0 saturated carbocycles. The van der Waals surface area contributed by atoms with Gasteiger partial charge in [-0.1, -0.05) is 43.5 Å². The summed E-state index contributed by atoms with van der Waals surface area (Å²) in [4.78, 5) is 10.2. The predicted octanol–water partition coefficient (Wildman–Crippen LogP) is 2.36. The molecule has 0 aromatic heterocycles. The standard InChI is InChI=1S/C3H2Br2Cl2O2/c4-1(6)3(5,7)2(8)9/h1H,(H,8,9). The zero-order chi connectivity index (χ0) is 7.65. The maximum absolute atomic E-state index is 10.2. The second kappa shape index (κ2) is 3.42. The minimum Gasteiger partial charge on any atom is -0.479 e. The van der Waals surface area contributed by atoms with Crippen molar-refractivity contribution in [2.75, 3.05) is 0 Å². The molecule has 0 aliphatic rings. The smallest absolute Gasteiger partial charge is 0.338 e. The Hall–Kier alpha value is 1.01. The molecule has 0 aliphatic heterocycles. The van der Waals surface area contributed by atoms with Crippen molar-refractivity contribution in [3.8, 4) is 0 Å². The molecule has 0 bridgehead atoms. The maximum atomic E-state index is 10.2. The van der Waals surface area contributed by atoms with E-state index >= 15 is 0 Å². The molecule has 2 nitrogen and oxygen atoms in total. The van der Waals surface area contributed by atoms with E-state index in [0.29, 0.717) is 0 Å². The Balaban J connectivity index is 4.19. The fraction of sp³-hybridized carbons (Fsp3) is 0.667. The average molecular weight is 301 g/mol. The normalized spacial score (nSPS) is 20.4. The summed E-state index contributed by atoms with van der Waals surface area (Å²) in [6, 6.07) is 0. The SMILES string of the molecule is O=C(O)C(Cl)(Br)C(Cl)Br. The molecule has 54 valence electrons. The van der Waals surface area contributed by atoms with Crippen LogP contribution in [0.2, 0.25) is 0 Å². The maximum Gasteiger partial charge on any atom is 0.338 e. The van der Waals surface area contributed by atoms with Gasteiger partial charge in [0, 0.05) is 0 Å². The Kier molecular flexibility index (Phi) is 3.80. The Morgan fingerprint density at radius 2 is 2.11 bits per heavy atom. The van der Waals surface area contributed by atoms with Crippen molar-refractivity contribution in [2.45, 2.75) is 8.07 Å². The van der Waals surface area contributed by atoms with Gasteiger partial charge in [0.2, 0.25) is 3.78 Å². The highest BCUT2D eigenvalue weighted by Crippen LogP contribution is 2.35. The molecular weight excluding hydrogens is 299 g/mol. The topological polar surface area (TPSA) is 37.3 Å². The number of carboxylic acid groups (broad SMARTS) is 1. The molecule has 1 N–H and O–H groups in total. The van der Waals surface area contributed by atoms with Crippen LogP contribution in [0.3, 0.4) is 0 Å². The van der Waals surface area contributed by atoms with Crippen LogP contribution >= 0.6 is 55.1 Å². The lowest BCUT2D eigenvalue weighted by atomic mass is 10.5. The van der Waals surface area contributed by atoms with Gasteiger partial charge in [-0.25, -0.2) is 4.79 Å². The van der Waals surface area contributed by atoms with Crippen molar-refractivity contribution in [1.82, 2.24) is 0 Å². The van der Waals surface area contributed by atoms with Crippen LogP contribution in [-0.2, 0) is 4.79 Å². The number of halogens is 4. The lowest BCUT2D eigenvalue weighted by Crippen LogP contribution is -2.31. The van der Waals surface area contributed by atoms with E-state index in [0.717, 1.165) is 0 Å². The zero-order valence-electron chi connectivity index (χ0n) is 3.94. The summed E-state index contributed by atoms with van der Waals surface area (Å²) in [5, 5.41) is 8.32. The molecule has 0 aromatic rings. The number of rotatable bonds is 2. The zero-order valence-corrected chi connectivity index (χ0v) is 8.63. The molecule has 2 atom stereocenters. The Bertz CT molecular complexity index is 125. The van der Waals surface area contributed by atoms with Crippen LogP contribution in [0.1, 0.15) is 0 Å². The van der Waals surface area contributed by atoms with Crippen molar-refractivity contribution < 1.29 is 9.90 Å². The van der Waals surface area contributed by atoms with E-state index in [9.17, 15) is 4.79 Å². The molecule has 0 rings (SSSR count). The molecule has 0 fully saturated rings. The minimum atomic E-state index is -1.62. The van der Waals surface area contributed by atoms with Gasteiger partial charge in [0.15, 0.2) is 0 Å². The summed E-state index contributed by atoms with van der Waals surface area (Å²) in [6.45, 7) is 0. The third kappa shape index (κ3) is 2.62. The van der Waals surface area contributed by atoms with Crippen LogP contribution in [0.25, 0.3) is 0 Å². The van der Waals surface area contributed by atoms with Crippen molar-refractivity contribution >= 4 is 61.0 Å². The van der Waals surface area contributed by atoms with E-state index in [4.69, 9.17) is 28.3 Å². The van der Waals surface area contributed by atoms with Crippen LogP contribution in [-0.4, -0.2) is 19.1 Å². The Labute approximate surface area is 78.8 Å². The summed E-state index contributed by atoms with van der Waals surface area (Å²) in [6.07, 6.45) is 0. The number of carboxylic acids is 1. The molecule has 0 spiro atoms. The summed E-state index contributed by atoms with van der Waals surface area (Å²) < 4.78 is -2.46. The van der Waals surface area contributed by atoms with Crippen LogP contribution in [0, 0.1) is 0 Å². The molecule has 0 amide bonds. The van der Waals surface area contributed by atoms with Gasteiger partial charge < -0.3 is 5.11 Å². The molecular formula is C3H2Br2Cl2O2. The molecule has 2 unspecified atom stereocenters. The van der Waals surface area contributed by atoms with E-state index in [-0.39, 0.29) is 0 Å². The van der Waals surface area contributed by atoms with E-state index in [2.05, 4.69) is 31.9 Å². The van der Waals surface area contributed by atoms with Gasteiger partial charge in [-0.05, 0) is 0 Å². The highest BCUT2D eigenvalue weighted by atomic mass is 79.9. The largest absolute Gasteiger partial charge is 0.479 e. The van der Waals surface area contributed by atoms with Gasteiger partial charge in [-0.2, -0.15) is 0 Å². The van der Waals surface area contributed by atoms with E-state index in [1.165, 1.54) is 0 Å². The number of alkyl halides is 4. The molecule has 0 saturated heterocycles. The fourth-order valence-corrected chi connectivity index (χ4v) is 0.383. The first kappa shape index (κ1) is 10.0. The van der Waals surface area contributed by atoms with E-state index < -0.39 is 14.0 Å². The predicted molar refractivity (Wildman–Crippen MR) is 43.7 cm³/mol.